The third-order valence-electron chi connectivity index (χ3n) is 6.45. The van der Waals surface area contributed by atoms with Crippen LogP contribution in [-0.4, -0.2) is 17.1 Å². The highest BCUT2D eigenvalue weighted by atomic mass is 79.9. The Bertz CT molecular complexity index is 1720. The highest BCUT2D eigenvalue weighted by Crippen LogP contribution is 2.31. The predicted octanol–water partition coefficient (Wildman–Crippen LogP) is 5.94. The minimum atomic E-state index is -0.637. The number of ether oxygens (including phenoxy) is 1. The Kier molecular flexibility index (Phi) is 7.36. The third kappa shape index (κ3) is 4.98. The van der Waals surface area contributed by atoms with Crippen LogP contribution in [0.15, 0.2) is 90.6 Å². The van der Waals surface area contributed by atoms with Gasteiger partial charge in [0.1, 0.15) is 11.5 Å². The molecule has 0 fully saturated rings. The molecule has 1 aliphatic heterocycles. The zero-order valence-corrected chi connectivity index (χ0v) is 23.9. The quantitative estimate of drug-likeness (QED) is 0.260. The Morgan fingerprint density at radius 1 is 1.18 bits per heavy atom. The summed E-state index contributed by atoms with van der Waals surface area (Å²) in [6, 6.07) is 19.0. The van der Waals surface area contributed by atoms with Gasteiger partial charge in [-0.05, 0) is 55.2 Å². The molecule has 38 heavy (non-hydrogen) atoms. The molecule has 0 N–H and O–H groups in total. The van der Waals surface area contributed by atoms with Crippen molar-refractivity contribution >= 4 is 39.3 Å². The van der Waals surface area contributed by atoms with Crippen LogP contribution in [0.2, 0.25) is 0 Å². The van der Waals surface area contributed by atoms with E-state index in [4.69, 9.17) is 9.15 Å². The molecule has 6 nitrogen and oxygen atoms in total. The molecular formula is C30H27BrN2O4S. The molecule has 0 saturated carbocycles. The van der Waals surface area contributed by atoms with Gasteiger partial charge in [-0.15, -0.1) is 0 Å². The fourth-order valence-corrected chi connectivity index (χ4v) is 5.95. The van der Waals surface area contributed by atoms with Gasteiger partial charge in [0.25, 0.3) is 5.56 Å². The van der Waals surface area contributed by atoms with Crippen LogP contribution in [0.5, 0.6) is 0 Å². The van der Waals surface area contributed by atoms with Gasteiger partial charge in [-0.25, -0.2) is 9.79 Å². The average molecular weight is 592 g/mol. The number of aromatic nitrogens is 1. The van der Waals surface area contributed by atoms with Gasteiger partial charge in [-0.1, -0.05) is 77.5 Å². The first kappa shape index (κ1) is 26.1. The van der Waals surface area contributed by atoms with E-state index in [9.17, 15) is 9.59 Å². The lowest BCUT2D eigenvalue weighted by atomic mass is 9.93. The van der Waals surface area contributed by atoms with Crippen LogP contribution >= 0.6 is 27.3 Å². The largest absolute Gasteiger partial charge is 0.463 e. The Morgan fingerprint density at radius 2 is 1.95 bits per heavy atom. The van der Waals surface area contributed by atoms with Crippen molar-refractivity contribution in [1.82, 2.24) is 4.57 Å². The Labute approximate surface area is 232 Å². The summed E-state index contributed by atoms with van der Waals surface area (Å²) < 4.78 is 14.4. The first-order valence-electron chi connectivity index (χ1n) is 12.4. The van der Waals surface area contributed by atoms with Crippen molar-refractivity contribution in [2.75, 3.05) is 6.61 Å². The van der Waals surface area contributed by atoms with Crippen LogP contribution in [0, 0.1) is 0 Å². The number of esters is 1. The van der Waals surface area contributed by atoms with Crippen molar-refractivity contribution in [2.24, 2.45) is 4.99 Å². The van der Waals surface area contributed by atoms with E-state index in [-0.39, 0.29) is 12.2 Å². The molecule has 2 aromatic carbocycles. The van der Waals surface area contributed by atoms with Gasteiger partial charge < -0.3 is 9.15 Å². The SMILES string of the molecule is CCOC(=O)C1=C(C)N=c2s/c(=C\c3ccc(-c4cccc(Br)c4)o3)c(=O)n2[C@H]1c1ccc(C(C)C)cc1. The van der Waals surface area contributed by atoms with E-state index in [0.717, 1.165) is 15.6 Å². The van der Waals surface area contributed by atoms with E-state index in [1.165, 1.54) is 16.9 Å². The monoisotopic (exact) mass is 590 g/mol. The summed E-state index contributed by atoms with van der Waals surface area (Å²) in [4.78, 5) is 32.0. The molecule has 0 bridgehead atoms. The van der Waals surface area contributed by atoms with Crippen LogP contribution in [0.3, 0.4) is 0 Å². The van der Waals surface area contributed by atoms with Gasteiger partial charge >= 0.3 is 5.97 Å². The lowest BCUT2D eigenvalue weighted by Gasteiger charge is -2.25. The van der Waals surface area contributed by atoms with Gasteiger partial charge in [0, 0.05) is 16.1 Å². The molecule has 2 aromatic heterocycles. The van der Waals surface area contributed by atoms with Crippen LogP contribution in [0.1, 0.15) is 56.5 Å². The molecule has 3 heterocycles. The van der Waals surface area contributed by atoms with E-state index in [2.05, 4.69) is 34.8 Å². The zero-order chi connectivity index (χ0) is 27.0. The van der Waals surface area contributed by atoms with Crippen molar-refractivity contribution in [3.05, 3.63) is 113 Å². The minimum Gasteiger partial charge on any atom is -0.463 e. The number of carbonyl (C=O) groups excluding carboxylic acids is 1. The standard InChI is InChI=1S/C30H27BrN2O4S/c1-5-36-29(35)26-18(4)32-30-33(27(26)20-11-9-19(10-12-20)17(2)3)28(34)25(38-30)16-23-13-14-24(37-23)21-7-6-8-22(31)15-21/h6-17,27H,5H2,1-4H3/b25-16-/t27-/m0/s1. The minimum absolute atomic E-state index is 0.234. The number of halogens is 1. The van der Waals surface area contributed by atoms with Crippen LogP contribution in [-0.2, 0) is 9.53 Å². The number of nitrogens with zero attached hydrogens (tertiary/aromatic N) is 2. The molecule has 1 atom stereocenters. The van der Waals surface area contributed by atoms with Gasteiger partial charge in [-0.3, -0.25) is 9.36 Å². The molecule has 4 aromatic rings. The van der Waals surface area contributed by atoms with E-state index in [1.807, 2.05) is 60.7 Å². The summed E-state index contributed by atoms with van der Waals surface area (Å²) in [7, 11) is 0. The topological polar surface area (TPSA) is 73.8 Å². The fraction of sp³-hybridized carbons (Fsp3) is 0.233. The zero-order valence-electron chi connectivity index (χ0n) is 21.5. The Morgan fingerprint density at radius 3 is 2.63 bits per heavy atom. The molecular weight excluding hydrogens is 564 g/mol. The predicted molar refractivity (Wildman–Crippen MR) is 153 cm³/mol. The molecule has 0 radical (unpaired) electrons. The summed E-state index contributed by atoms with van der Waals surface area (Å²) in [6.07, 6.45) is 1.73. The van der Waals surface area contributed by atoms with E-state index < -0.39 is 12.0 Å². The van der Waals surface area contributed by atoms with Gasteiger partial charge in [0.2, 0.25) is 0 Å². The average Bonchev–Trinajstić information content (AvgIpc) is 3.48. The second kappa shape index (κ2) is 10.7. The number of hydrogen-bond acceptors (Lipinski definition) is 6. The number of carbonyl (C=O) groups is 1. The summed E-state index contributed by atoms with van der Waals surface area (Å²) >= 11 is 4.76. The van der Waals surface area contributed by atoms with E-state index in [0.29, 0.717) is 38.0 Å². The molecule has 1 aliphatic rings. The van der Waals surface area contributed by atoms with Crippen LogP contribution in [0.25, 0.3) is 17.4 Å². The van der Waals surface area contributed by atoms with Gasteiger partial charge in [-0.2, -0.15) is 0 Å². The summed E-state index contributed by atoms with van der Waals surface area (Å²) in [5.74, 6) is 1.16. The van der Waals surface area contributed by atoms with Crippen LogP contribution < -0.4 is 14.9 Å². The second-order valence-corrected chi connectivity index (χ2v) is 11.3. The lowest BCUT2D eigenvalue weighted by molar-refractivity contribution is -0.139. The second-order valence-electron chi connectivity index (χ2n) is 9.34. The molecule has 5 rings (SSSR count). The number of fused-ring (bicyclic) bond motifs is 1. The fourth-order valence-electron chi connectivity index (χ4n) is 4.53. The normalized spacial score (nSPS) is 15.5. The summed E-state index contributed by atoms with van der Waals surface area (Å²) in [6.45, 7) is 8.04. The number of thiazole rings is 1. The van der Waals surface area contributed by atoms with Crippen molar-refractivity contribution in [3.8, 4) is 11.3 Å². The first-order chi connectivity index (χ1) is 18.3. The summed E-state index contributed by atoms with van der Waals surface area (Å²) in [5, 5.41) is 0. The maximum atomic E-state index is 13.8. The first-order valence-corrected chi connectivity index (χ1v) is 14.0. The molecule has 8 heteroatoms. The third-order valence-corrected chi connectivity index (χ3v) is 7.92. The Hall–Kier alpha value is -3.49. The van der Waals surface area contributed by atoms with Crippen molar-refractivity contribution in [2.45, 2.75) is 39.7 Å². The molecule has 0 saturated heterocycles. The van der Waals surface area contributed by atoms with Gasteiger partial charge in [0.05, 0.1) is 28.5 Å². The number of furan rings is 1. The molecule has 0 spiro atoms. The number of hydrogen-bond donors (Lipinski definition) is 0. The van der Waals surface area contributed by atoms with E-state index in [1.54, 1.807) is 24.5 Å². The van der Waals surface area contributed by atoms with Crippen molar-refractivity contribution in [1.29, 1.82) is 0 Å². The van der Waals surface area contributed by atoms with Crippen LogP contribution in [0.4, 0.5) is 0 Å². The lowest BCUT2D eigenvalue weighted by Crippen LogP contribution is -2.39. The highest BCUT2D eigenvalue weighted by molar-refractivity contribution is 9.10. The maximum absolute atomic E-state index is 13.8. The van der Waals surface area contributed by atoms with Gasteiger partial charge in [0.15, 0.2) is 4.80 Å². The number of rotatable bonds is 6. The van der Waals surface area contributed by atoms with Crippen molar-refractivity contribution < 1.29 is 13.9 Å². The number of allylic oxidation sites excluding steroid dienone is 1. The maximum Gasteiger partial charge on any atom is 0.338 e. The molecule has 194 valence electrons. The number of benzene rings is 2. The summed E-state index contributed by atoms with van der Waals surface area (Å²) in [5.41, 5.74) is 3.62. The van der Waals surface area contributed by atoms with E-state index >= 15 is 0 Å². The highest BCUT2D eigenvalue weighted by Gasteiger charge is 2.33. The van der Waals surface area contributed by atoms with Crippen molar-refractivity contribution in [3.63, 3.8) is 0 Å². The molecule has 0 amide bonds. The molecule has 0 unspecified atom stereocenters. The smallest absolute Gasteiger partial charge is 0.338 e. The molecule has 0 aliphatic carbocycles. The Balaban J connectivity index is 1.63.